The monoisotopic (exact) mass is 435 g/mol. The number of nitrogens with one attached hydrogen (secondary N) is 1. The van der Waals surface area contributed by atoms with Crippen LogP contribution in [-0.2, 0) is 14.9 Å². The van der Waals surface area contributed by atoms with Gasteiger partial charge >= 0.3 is 0 Å². The third kappa shape index (κ3) is 2.25. The van der Waals surface area contributed by atoms with Gasteiger partial charge in [0.1, 0.15) is 22.8 Å². The van der Waals surface area contributed by atoms with E-state index < -0.39 is 17.1 Å². The molecular weight excluding hydrogens is 422 g/mol. The maximum atomic E-state index is 13.5. The second kappa shape index (κ2) is 6.36. The van der Waals surface area contributed by atoms with E-state index in [1.165, 1.54) is 0 Å². The van der Waals surface area contributed by atoms with Crippen molar-refractivity contribution in [2.75, 3.05) is 5.32 Å². The molecular formula is C21H14BrN3O3. The zero-order valence-electron chi connectivity index (χ0n) is 14.7. The number of allylic oxidation sites excluding steroid dienone is 1. The number of Topliss-reactive ketones (excluding diaryl/α,β-unsaturated/α-hetero) is 1. The molecule has 0 saturated carbocycles. The summed E-state index contributed by atoms with van der Waals surface area (Å²) in [5.41, 5.74) is 5.66. The van der Waals surface area contributed by atoms with Gasteiger partial charge in [-0.1, -0.05) is 42.5 Å². The second-order valence-electron chi connectivity index (χ2n) is 6.45. The molecule has 0 aliphatic carbocycles. The van der Waals surface area contributed by atoms with E-state index in [0.717, 1.165) is 0 Å². The number of nitriles is 1. The van der Waals surface area contributed by atoms with Crippen LogP contribution in [0, 0.1) is 11.3 Å². The van der Waals surface area contributed by atoms with E-state index in [1.807, 2.05) is 6.07 Å². The van der Waals surface area contributed by atoms with Gasteiger partial charge in [-0.2, -0.15) is 5.26 Å². The SMILES string of the molecule is CC1=C(C(=O)c2ccccc2)C2(C(=O)Nc3c(Br)cccc32)C(C#N)=C(N)O1. The standard InChI is InChI=1S/C21H14BrN3O3/c1-11-16(18(26)12-6-3-2-4-7-12)21(14(10-23)19(24)28-11)13-8-5-9-15(22)17(13)25-20(21)27/h2-9H,24H2,1H3,(H,25,27). The summed E-state index contributed by atoms with van der Waals surface area (Å²) in [6.07, 6.45) is 0. The number of benzene rings is 2. The zero-order valence-corrected chi connectivity index (χ0v) is 16.3. The van der Waals surface area contributed by atoms with Crippen LogP contribution >= 0.6 is 15.9 Å². The molecule has 0 saturated heterocycles. The van der Waals surface area contributed by atoms with Crippen molar-refractivity contribution in [3.63, 3.8) is 0 Å². The topological polar surface area (TPSA) is 105 Å². The van der Waals surface area contributed by atoms with Crippen LogP contribution in [-0.4, -0.2) is 11.7 Å². The summed E-state index contributed by atoms with van der Waals surface area (Å²) in [5, 5.41) is 12.7. The largest absolute Gasteiger partial charge is 0.445 e. The third-order valence-electron chi connectivity index (χ3n) is 4.98. The number of carbonyl (C=O) groups is 2. The van der Waals surface area contributed by atoms with Crippen molar-refractivity contribution in [2.45, 2.75) is 12.3 Å². The van der Waals surface area contributed by atoms with Crippen molar-refractivity contribution in [2.24, 2.45) is 5.73 Å². The van der Waals surface area contributed by atoms with Gasteiger partial charge in [0, 0.05) is 15.6 Å². The lowest BCUT2D eigenvalue weighted by Crippen LogP contribution is -2.45. The van der Waals surface area contributed by atoms with E-state index in [0.29, 0.717) is 21.3 Å². The first-order valence-electron chi connectivity index (χ1n) is 8.42. The summed E-state index contributed by atoms with van der Waals surface area (Å²) in [7, 11) is 0. The van der Waals surface area contributed by atoms with Crippen LogP contribution in [0.4, 0.5) is 5.69 Å². The minimum atomic E-state index is -1.67. The number of rotatable bonds is 2. The minimum absolute atomic E-state index is 0.0822. The Hall–Kier alpha value is -3.37. The molecule has 6 nitrogen and oxygen atoms in total. The van der Waals surface area contributed by atoms with Crippen molar-refractivity contribution in [1.82, 2.24) is 0 Å². The molecule has 3 N–H and O–H groups in total. The highest BCUT2D eigenvalue weighted by atomic mass is 79.9. The summed E-state index contributed by atoms with van der Waals surface area (Å²) in [6.45, 7) is 1.57. The fourth-order valence-corrected chi connectivity index (χ4v) is 4.30. The van der Waals surface area contributed by atoms with Crippen LogP contribution in [0.1, 0.15) is 22.8 Å². The van der Waals surface area contributed by atoms with E-state index in [-0.39, 0.29) is 22.8 Å². The molecule has 2 aromatic carbocycles. The molecule has 4 rings (SSSR count). The highest BCUT2D eigenvalue weighted by molar-refractivity contribution is 9.10. The molecule has 28 heavy (non-hydrogen) atoms. The lowest BCUT2D eigenvalue weighted by Gasteiger charge is -2.34. The summed E-state index contributed by atoms with van der Waals surface area (Å²) in [4.78, 5) is 26.8. The van der Waals surface area contributed by atoms with Crippen LogP contribution in [0.2, 0.25) is 0 Å². The van der Waals surface area contributed by atoms with Gasteiger partial charge in [0.2, 0.25) is 11.8 Å². The Morgan fingerprint density at radius 3 is 2.61 bits per heavy atom. The number of halogens is 1. The van der Waals surface area contributed by atoms with Gasteiger partial charge in [-0.3, -0.25) is 9.59 Å². The van der Waals surface area contributed by atoms with Crippen molar-refractivity contribution in [3.05, 3.63) is 86.9 Å². The Kier molecular flexibility index (Phi) is 4.09. The summed E-state index contributed by atoms with van der Waals surface area (Å²) < 4.78 is 6.17. The van der Waals surface area contributed by atoms with Crippen LogP contribution < -0.4 is 11.1 Å². The number of nitrogens with zero attached hydrogens (tertiary/aromatic N) is 1. The molecule has 2 aliphatic heterocycles. The van der Waals surface area contributed by atoms with Gasteiger partial charge in [-0.15, -0.1) is 0 Å². The fourth-order valence-electron chi connectivity index (χ4n) is 3.83. The van der Waals surface area contributed by atoms with E-state index in [1.54, 1.807) is 55.5 Å². The summed E-state index contributed by atoms with van der Waals surface area (Å²) in [6, 6.07) is 15.8. The average Bonchev–Trinajstić information content (AvgIpc) is 2.96. The van der Waals surface area contributed by atoms with Crippen LogP contribution in [0.15, 0.2) is 75.8 Å². The average molecular weight is 436 g/mol. The van der Waals surface area contributed by atoms with E-state index in [9.17, 15) is 14.9 Å². The Morgan fingerprint density at radius 2 is 1.93 bits per heavy atom. The van der Waals surface area contributed by atoms with Gasteiger partial charge in [0.25, 0.3) is 0 Å². The lowest BCUT2D eigenvalue weighted by atomic mass is 9.66. The Labute approximate surface area is 169 Å². The normalized spacial score (nSPS) is 20.5. The molecule has 0 radical (unpaired) electrons. The molecule has 1 spiro atoms. The first-order valence-corrected chi connectivity index (χ1v) is 9.22. The third-order valence-corrected chi connectivity index (χ3v) is 5.64. The molecule has 2 heterocycles. The fraction of sp³-hybridized carbons (Fsp3) is 0.0952. The number of hydrogen-bond donors (Lipinski definition) is 2. The molecule has 2 aliphatic rings. The number of para-hydroxylation sites is 1. The van der Waals surface area contributed by atoms with Gasteiger partial charge in [-0.05, 0) is 28.9 Å². The van der Waals surface area contributed by atoms with Gasteiger partial charge in [0.15, 0.2) is 5.78 Å². The Bertz CT molecular complexity index is 1150. The highest BCUT2D eigenvalue weighted by Crippen LogP contribution is 2.53. The smallest absolute Gasteiger partial charge is 0.245 e. The van der Waals surface area contributed by atoms with E-state index in [2.05, 4.69) is 21.2 Å². The molecule has 0 aromatic heterocycles. The lowest BCUT2D eigenvalue weighted by molar-refractivity contribution is -0.118. The van der Waals surface area contributed by atoms with Crippen molar-refractivity contribution >= 4 is 33.3 Å². The molecule has 2 aromatic rings. The van der Waals surface area contributed by atoms with Gasteiger partial charge < -0.3 is 15.8 Å². The van der Waals surface area contributed by atoms with Crippen LogP contribution in [0.5, 0.6) is 0 Å². The van der Waals surface area contributed by atoms with E-state index in [4.69, 9.17) is 10.5 Å². The molecule has 1 unspecified atom stereocenters. The quantitative estimate of drug-likeness (QED) is 0.701. The number of amides is 1. The predicted octanol–water partition coefficient (Wildman–Crippen LogP) is 3.52. The number of ether oxygens (including phenoxy) is 1. The number of carbonyl (C=O) groups excluding carboxylic acids is 2. The molecule has 7 heteroatoms. The number of nitrogens with two attached hydrogens (primary N) is 1. The van der Waals surface area contributed by atoms with Crippen molar-refractivity contribution in [3.8, 4) is 6.07 Å². The predicted molar refractivity (Wildman–Crippen MR) is 106 cm³/mol. The first kappa shape index (κ1) is 18.0. The molecule has 0 bridgehead atoms. The van der Waals surface area contributed by atoms with E-state index >= 15 is 0 Å². The Balaban J connectivity index is 2.08. The maximum Gasteiger partial charge on any atom is 0.245 e. The van der Waals surface area contributed by atoms with Crippen LogP contribution in [0.25, 0.3) is 0 Å². The number of anilines is 1. The summed E-state index contributed by atoms with van der Waals surface area (Å²) in [5.74, 6) is -0.918. The first-order chi connectivity index (χ1) is 13.4. The second-order valence-corrected chi connectivity index (χ2v) is 7.30. The van der Waals surface area contributed by atoms with Crippen molar-refractivity contribution < 1.29 is 14.3 Å². The summed E-state index contributed by atoms with van der Waals surface area (Å²) >= 11 is 3.42. The van der Waals surface area contributed by atoms with Crippen molar-refractivity contribution in [1.29, 1.82) is 5.26 Å². The van der Waals surface area contributed by atoms with Crippen LogP contribution in [0.3, 0.4) is 0 Å². The molecule has 1 atom stereocenters. The zero-order chi connectivity index (χ0) is 20.1. The molecule has 1 amide bonds. The number of fused-ring (bicyclic) bond motifs is 2. The highest BCUT2D eigenvalue weighted by Gasteiger charge is 2.59. The van der Waals surface area contributed by atoms with Gasteiger partial charge in [0.05, 0.1) is 11.3 Å². The number of ketones is 1. The van der Waals surface area contributed by atoms with Gasteiger partial charge in [-0.25, -0.2) is 0 Å². The maximum absolute atomic E-state index is 13.5. The molecule has 0 fully saturated rings. The molecule has 138 valence electrons. The minimum Gasteiger partial charge on any atom is -0.445 e. The Morgan fingerprint density at radius 1 is 1.21 bits per heavy atom. The number of hydrogen-bond acceptors (Lipinski definition) is 5.